The van der Waals surface area contributed by atoms with E-state index >= 15 is 0 Å². The first-order chi connectivity index (χ1) is 11.0. The van der Waals surface area contributed by atoms with Crippen LogP contribution in [-0.4, -0.2) is 16.8 Å². The van der Waals surface area contributed by atoms with Crippen LogP contribution in [0.4, 0.5) is 21.5 Å². The van der Waals surface area contributed by atoms with E-state index in [1.807, 2.05) is 0 Å². The Morgan fingerprint density at radius 3 is 2.52 bits per heavy atom. The summed E-state index contributed by atoms with van der Waals surface area (Å²) in [7, 11) is 0. The molecule has 23 heavy (non-hydrogen) atoms. The van der Waals surface area contributed by atoms with Crippen LogP contribution in [0.2, 0.25) is 0 Å². The average molecular weight is 335 g/mol. The first kappa shape index (κ1) is 15.0. The molecule has 2 aromatic carbocycles. The van der Waals surface area contributed by atoms with E-state index in [1.54, 1.807) is 18.2 Å². The third-order valence-electron chi connectivity index (χ3n) is 3.03. The minimum atomic E-state index is -0.907. The Morgan fingerprint density at radius 1 is 1.13 bits per heavy atom. The lowest BCUT2D eigenvalue weighted by Crippen LogP contribution is -2.19. The molecule has 0 fully saturated rings. The maximum absolute atomic E-state index is 13.3. The fourth-order valence-corrected chi connectivity index (χ4v) is 2.23. The highest BCUT2D eigenvalue weighted by Crippen LogP contribution is 2.34. The van der Waals surface area contributed by atoms with Crippen molar-refractivity contribution in [1.29, 1.82) is 0 Å². The molecule has 0 radical (unpaired) electrons. The molecular formula is C14H10FN3O4S. The van der Waals surface area contributed by atoms with Crippen LogP contribution in [0.1, 0.15) is 0 Å². The van der Waals surface area contributed by atoms with Crippen molar-refractivity contribution in [1.82, 2.24) is 0 Å². The number of anilines is 2. The molecule has 9 heteroatoms. The number of nitro benzene ring substituents is 1. The smallest absolute Gasteiger partial charge is 0.306 e. The lowest BCUT2D eigenvalue weighted by molar-refractivity contribution is -0.387. The monoisotopic (exact) mass is 335 g/mol. The molecule has 2 aromatic rings. The maximum atomic E-state index is 13.3. The number of halogens is 1. The summed E-state index contributed by atoms with van der Waals surface area (Å²) in [5.41, 5.74) is 0.334. The third kappa shape index (κ3) is 3.29. The van der Waals surface area contributed by atoms with Crippen LogP contribution in [0.15, 0.2) is 36.4 Å². The van der Waals surface area contributed by atoms with Crippen molar-refractivity contribution < 1.29 is 18.8 Å². The molecule has 2 N–H and O–H groups in total. The molecule has 0 aromatic heterocycles. The van der Waals surface area contributed by atoms with E-state index in [9.17, 15) is 14.5 Å². The highest BCUT2D eigenvalue weighted by atomic mass is 32.1. The van der Waals surface area contributed by atoms with Gasteiger partial charge in [-0.05, 0) is 36.5 Å². The first-order valence-corrected chi connectivity index (χ1v) is 6.85. The van der Waals surface area contributed by atoms with Gasteiger partial charge in [0.25, 0.3) is 0 Å². The molecule has 0 unspecified atom stereocenters. The van der Waals surface area contributed by atoms with Crippen LogP contribution in [0.3, 0.4) is 0 Å². The van der Waals surface area contributed by atoms with E-state index in [-0.39, 0.29) is 11.9 Å². The molecule has 0 saturated carbocycles. The quantitative estimate of drug-likeness (QED) is 0.506. The van der Waals surface area contributed by atoms with Gasteiger partial charge in [-0.1, -0.05) is 0 Å². The number of hydrogen-bond donors (Lipinski definition) is 2. The van der Waals surface area contributed by atoms with Crippen molar-refractivity contribution in [2.75, 3.05) is 17.4 Å². The van der Waals surface area contributed by atoms with Crippen LogP contribution in [0.25, 0.3) is 0 Å². The molecule has 0 bridgehead atoms. The summed E-state index contributed by atoms with van der Waals surface area (Å²) in [4.78, 5) is 9.93. The van der Waals surface area contributed by atoms with Gasteiger partial charge in [-0.3, -0.25) is 10.1 Å². The van der Waals surface area contributed by atoms with Crippen molar-refractivity contribution >= 4 is 34.4 Å². The summed E-state index contributed by atoms with van der Waals surface area (Å²) in [5, 5.41) is 16.6. The van der Waals surface area contributed by atoms with Gasteiger partial charge in [0.05, 0.1) is 4.92 Å². The second kappa shape index (κ2) is 6.05. The van der Waals surface area contributed by atoms with Crippen LogP contribution < -0.4 is 20.1 Å². The number of ether oxygens (including phenoxy) is 2. The fraction of sp³-hybridized carbons (Fsp3) is 0.0714. The summed E-state index contributed by atoms with van der Waals surface area (Å²) in [6.45, 7) is 0.167. The number of thiocarbonyl (C=S) groups is 1. The van der Waals surface area contributed by atoms with Gasteiger partial charge < -0.3 is 20.1 Å². The normalized spacial score (nSPS) is 11.9. The second-order valence-electron chi connectivity index (χ2n) is 4.57. The Bertz CT molecular complexity index is 800. The summed E-state index contributed by atoms with van der Waals surface area (Å²) in [6.07, 6.45) is 0. The zero-order valence-corrected chi connectivity index (χ0v) is 12.4. The summed E-state index contributed by atoms with van der Waals surface area (Å²) in [5.74, 6) is 0.328. The van der Waals surface area contributed by atoms with E-state index in [0.717, 1.165) is 12.1 Å². The van der Waals surface area contributed by atoms with E-state index < -0.39 is 16.4 Å². The number of fused-ring (bicyclic) bond motifs is 1. The fourth-order valence-electron chi connectivity index (χ4n) is 2.00. The number of nitrogens with one attached hydrogen (secondary N) is 2. The Balaban J connectivity index is 1.70. The van der Waals surface area contributed by atoms with Crippen molar-refractivity contribution in [2.45, 2.75) is 0 Å². The van der Waals surface area contributed by atoms with Gasteiger partial charge in [0, 0.05) is 23.5 Å². The Kier molecular flexibility index (Phi) is 3.94. The molecule has 0 spiro atoms. The number of benzene rings is 2. The minimum Gasteiger partial charge on any atom is -0.454 e. The highest BCUT2D eigenvalue weighted by molar-refractivity contribution is 7.80. The predicted molar refractivity (Wildman–Crippen MR) is 85.5 cm³/mol. The topological polar surface area (TPSA) is 85.7 Å². The molecule has 1 heterocycles. The van der Waals surface area contributed by atoms with Crippen molar-refractivity contribution in [2.24, 2.45) is 0 Å². The lowest BCUT2D eigenvalue weighted by atomic mass is 10.2. The SMILES string of the molecule is O=[N+]([O-])c1cc(NC(=S)Nc2ccc3c(c2)OCO3)ccc1F. The second-order valence-corrected chi connectivity index (χ2v) is 4.98. The molecule has 7 nitrogen and oxygen atoms in total. The number of nitro groups is 1. The molecule has 3 rings (SSSR count). The Hall–Kier alpha value is -2.94. The van der Waals surface area contributed by atoms with Gasteiger partial charge in [0.1, 0.15) is 0 Å². The van der Waals surface area contributed by atoms with E-state index in [0.29, 0.717) is 22.9 Å². The van der Waals surface area contributed by atoms with Gasteiger partial charge in [-0.25, -0.2) is 0 Å². The summed E-state index contributed by atoms with van der Waals surface area (Å²) >= 11 is 5.13. The van der Waals surface area contributed by atoms with Crippen LogP contribution in [0.5, 0.6) is 11.5 Å². The molecule has 0 aliphatic carbocycles. The van der Waals surface area contributed by atoms with E-state index in [2.05, 4.69) is 10.6 Å². The number of nitrogens with zero attached hydrogens (tertiary/aromatic N) is 1. The average Bonchev–Trinajstić information content (AvgIpc) is 2.96. The van der Waals surface area contributed by atoms with Gasteiger partial charge in [-0.2, -0.15) is 4.39 Å². The van der Waals surface area contributed by atoms with Crippen LogP contribution in [0, 0.1) is 15.9 Å². The molecule has 0 amide bonds. The summed E-state index contributed by atoms with van der Waals surface area (Å²) in [6, 6.07) is 8.62. The van der Waals surface area contributed by atoms with Crippen LogP contribution in [-0.2, 0) is 0 Å². The molecule has 118 valence electrons. The molecular weight excluding hydrogens is 325 g/mol. The molecule has 0 atom stereocenters. The van der Waals surface area contributed by atoms with E-state index in [4.69, 9.17) is 21.7 Å². The van der Waals surface area contributed by atoms with E-state index in [1.165, 1.54) is 6.07 Å². The van der Waals surface area contributed by atoms with Crippen molar-refractivity contribution in [3.05, 3.63) is 52.3 Å². The van der Waals surface area contributed by atoms with Gasteiger partial charge in [-0.15, -0.1) is 0 Å². The zero-order valence-electron chi connectivity index (χ0n) is 11.5. The lowest BCUT2D eigenvalue weighted by Gasteiger charge is -2.11. The maximum Gasteiger partial charge on any atom is 0.306 e. The number of rotatable bonds is 3. The molecule has 1 aliphatic heterocycles. The van der Waals surface area contributed by atoms with Crippen molar-refractivity contribution in [3.63, 3.8) is 0 Å². The Morgan fingerprint density at radius 2 is 1.78 bits per heavy atom. The van der Waals surface area contributed by atoms with Gasteiger partial charge in [0.15, 0.2) is 16.6 Å². The van der Waals surface area contributed by atoms with Crippen molar-refractivity contribution in [3.8, 4) is 11.5 Å². The Labute approximate surface area is 135 Å². The number of hydrogen-bond acceptors (Lipinski definition) is 5. The van der Waals surface area contributed by atoms with Gasteiger partial charge in [0.2, 0.25) is 12.6 Å². The van der Waals surface area contributed by atoms with Gasteiger partial charge >= 0.3 is 5.69 Å². The molecule has 1 aliphatic rings. The van der Waals surface area contributed by atoms with Crippen LogP contribution >= 0.6 is 12.2 Å². The largest absolute Gasteiger partial charge is 0.454 e. The first-order valence-electron chi connectivity index (χ1n) is 6.44. The summed E-state index contributed by atoms with van der Waals surface area (Å²) < 4.78 is 23.7. The predicted octanol–water partition coefficient (Wildman–Crippen LogP) is 3.27. The minimum absolute atomic E-state index is 0.167. The zero-order chi connectivity index (χ0) is 16.4. The highest BCUT2D eigenvalue weighted by Gasteiger charge is 2.16. The third-order valence-corrected chi connectivity index (χ3v) is 3.24. The molecule has 0 saturated heterocycles. The standard InChI is InChI=1S/C14H10FN3O4S/c15-10-3-1-8(5-11(10)18(19)20)16-14(23)17-9-2-4-12-13(6-9)22-7-21-12/h1-6H,7H2,(H2,16,17,23).